The molecule has 1 aliphatic heterocycles. The maximum Gasteiger partial charge on any atom is 0.335 e. The molecule has 0 spiro atoms. The van der Waals surface area contributed by atoms with Gasteiger partial charge in [-0.25, -0.2) is 9.79 Å². The Labute approximate surface area is 242 Å². The van der Waals surface area contributed by atoms with Crippen molar-refractivity contribution in [3.63, 3.8) is 0 Å². The minimum atomic E-state index is -0.956. The summed E-state index contributed by atoms with van der Waals surface area (Å²) in [7, 11) is 0. The Bertz CT molecular complexity index is 1370. The van der Waals surface area contributed by atoms with Gasteiger partial charge in [0.1, 0.15) is 12.4 Å². The number of aliphatic imine (C=N–C) groups is 1. The number of carboxylic acids is 1. The summed E-state index contributed by atoms with van der Waals surface area (Å²) in [5, 5.41) is 12.4. The molecule has 4 rings (SSSR count). The first-order valence-electron chi connectivity index (χ1n) is 10.2. The van der Waals surface area contributed by atoms with Crippen LogP contribution in [0.5, 0.6) is 5.75 Å². The number of aryl methyl sites for hydroxylation is 1. The van der Waals surface area contributed by atoms with Gasteiger partial charge in [-0.05, 0) is 129 Å². The Kier molecular flexibility index (Phi) is 8.55. The number of benzene rings is 3. The van der Waals surface area contributed by atoms with Crippen LogP contribution < -0.4 is 10.1 Å². The quantitative estimate of drug-likeness (QED) is 0.206. The van der Waals surface area contributed by atoms with E-state index in [2.05, 4.69) is 71.4 Å². The number of halogens is 3. The molecule has 6 nitrogen and oxygen atoms in total. The number of hydrogen-bond acceptors (Lipinski definition) is 5. The van der Waals surface area contributed by atoms with Gasteiger partial charge in [0.15, 0.2) is 5.17 Å². The van der Waals surface area contributed by atoms with E-state index >= 15 is 0 Å². The molecule has 0 radical (unpaired) electrons. The topological polar surface area (TPSA) is 88.0 Å². The lowest BCUT2D eigenvalue weighted by Crippen LogP contribution is -2.19. The lowest BCUT2D eigenvalue weighted by molar-refractivity contribution is -0.115. The SMILES string of the molecule is Cc1cc(Br)ccc1N=C1NC(=O)/C(=C/c2cc(I)c(OCc3ccc(C(=O)O)cc3)c(I)c2)S1. The highest BCUT2D eigenvalue weighted by atomic mass is 127. The Morgan fingerprint density at radius 1 is 1.14 bits per heavy atom. The monoisotopic (exact) mass is 774 g/mol. The predicted molar refractivity (Wildman–Crippen MR) is 159 cm³/mol. The number of nitrogens with one attached hydrogen (secondary N) is 1. The number of amides is 1. The van der Waals surface area contributed by atoms with E-state index in [4.69, 9.17) is 9.84 Å². The van der Waals surface area contributed by atoms with Gasteiger partial charge in [0.05, 0.1) is 23.3 Å². The van der Waals surface area contributed by atoms with E-state index in [-0.39, 0.29) is 11.5 Å². The van der Waals surface area contributed by atoms with Gasteiger partial charge in [0.2, 0.25) is 0 Å². The van der Waals surface area contributed by atoms with Crippen molar-refractivity contribution in [1.82, 2.24) is 5.32 Å². The lowest BCUT2D eigenvalue weighted by Gasteiger charge is -2.12. The van der Waals surface area contributed by atoms with Gasteiger partial charge in [0, 0.05) is 4.47 Å². The van der Waals surface area contributed by atoms with Crippen LogP contribution in [0.2, 0.25) is 0 Å². The highest BCUT2D eigenvalue weighted by molar-refractivity contribution is 14.1. The number of amidine groups is 1. The molecule has 1 heterocycles. The third-order valence-corrected chi connectivity index (χ3v) is 7.94. The van der Waals surface area contributed by atoms with Crippen molar-refractivity contribution in [3.05, 3.63) is 93.4 Å². The fraction of sp³-hybridized carbons (Fsp3) is 0.0800. The summed E-state index contributed by atoms with van der Waals surface area (Å²) in [6, 6.07) is 16.3. The molecule has 35 heavy (non-hydrogen) atoms. The van der Waals surface area contributed by atoms with Gasteiger partial charge < -0.3 is 15.2 Å². The molecule has 10 heteroatoms. The van der Waals surface area contributed by atoms with Gasteiger partial charge in [-0.2, -0.15) is 0 Å². The van der Waals surface area contributed by atoms with Gasteiger partial charge in [-0.15, -0.1) is 0 Å². The number of nitrogens with zero attached hydrogens (tertiary/aromatic N) is 1. The van der Waals surface area contributed by atoms with Crippen molar-refractivity contribution >= 4 is 102 Å². The van der Waals surface area contributed by atoms with Crippen LogP contribution in [0.25, 0.3) is 6.08 Å². The predicted octanol–water partition coefficient (Wildman–Crippen LogP) is 7.14. The second-order valence-corrected chi connectivity index (χ2v) is 11.8. The fourth-order valence-corrected chi connectivity index (χ4v) is 6.62. The van der Waals surface area contributed by atoms with Crippen LogP contribution in [0, 0.1) is 14.1 Å². The highest BCUT2D eigenvalue weighted by Gasteiger charge is 2.24. The number of carboxylic acid groups (broad SMARTS) is 1. The van der Waals surface area contributed by atoms with E-state index < -0.39 is 5.97 Å². The number of aromatic carboxylic acids is 1. The van der Waals surface area contributed by atoms with E-state index in [0.717, 1.165) is 39.7 Å². The van der Waals surface area contributed by atoms with Crippen LogP contribution in [-0.2, 0) is 11.4 Å². The normalized spacial score (nSPS) is 15.5. The summed E-state index contributed by atoms with van der Waals surface area (Å²) < 4.78 is 8.81. The number of hydrogen-bond donors (Lipinski definition) is 2. The van der Waals surface area contributed by atoms with E-state index in [9.17, 15) is 9.59 Å². The van der Waals surface area contributed by atoms with Crippen molar-refractivity contribution in [2.24, 2.45) is 4.99 Å². The molecule has 1 amide bonds. The zero-order valence-electron chi connectivity index (χ0n) is 18.1. The summed E-state index contributed by atoms with van der Waals surface area (Å²) >= 11 is 9.18. The van der Waals surface area contributed by atoms with E-state index in [1.807, 2.05) is 43.3 Å². The van der Waals surface area contributed by atoms with Gasteiger partial charge in [-0.3, -0.25) is 4.79 Å². The summed E-state index contributed by atoms with van der Waals surface area (Å²) in [5.74, 6) is -0.395. The molecule has 1 aliphatic rings. The molecule has 0 atom stereocenters. The number of thioether (sulfide) groups is 1. The number of carbonyl (C=O) groups excluding carboxylic acids is 1. The van der Waals surface area contributed by atoms with Crippen molar-refractivity contribution in [2.45, 2.75) is 13.5 Å². The first-order chi connectivity index (χ1) is 16.7. The van der Waals surface area contributed by atoms with E-state index in [1.54, 1.807) is 24.3 Å². The Balaban J connectivity index is 1.48. The van der Waals surface area contributed by atoms with Crippen molar-refractivity contribution < 1.29 is 19.4 Å². The third-order valence-electron chi connectivity index (χ3n) is 4.93. The molecule has 3 aromatic carbocycles. The smallest absolute Gasteiger partial charge is 0.335 e. The Morgan fingerprint density at radius 2 is 1.83 bits per heavy atom. The number of carbonyl (C=O) groups is 2. The molecular weight excluding hydrogens is 758 g/mol. The second kappa shape index (κ2) is 11.4. The van der Waals surface area contributed by atoms with Crippen molar-refractivity contribution in [1.29, 1.82) is 0 Å². The van der Waals surface area contributed by atoms with Crippen LogP contribution in [-0.4, -0.2) is 22.2 Å². The molecule has 178 valence electrons. The van der Waals surface area contributed by atoms with Gasteiger partial charge in [0.25, 0.3) is 5.91 Å². The van der Waals surface area contributed by atoms with Gasteiger partial charge in [-0.1, -0.05) is 28.1 Å². The van der Waals surface area contributed by atoms with Crippen molar-refractivity contribution in [3.8, 4) is 5.75 Å². The number of rotatable bonds is 6. The molecule has 3 aromatic rings. The van der Waals surface area contributed by atoms with Crippen molar-refractivity contribution in [2.75, 3.05) is 0 Å². The minimum Gasteiger partial charge on any atom is -0.487 e. The maximum absolute atomic E-state index is 12.5. The standard InChI is InChI=1S/C25H17BrI2N2O4S/c1-13-8-17(26)6-7-20(13)29-25-30-23(31)21(35-25)11-15-9-18(27)22(19(28)10-15)34-12-14-2-4-16(5-3-14)24(32)33/h2-11H,12H2,1H3,(H,32,33)(H,29,30,31)/b21-11-. The minimum absolute atomic E-state index is 0.182. The highest BCUT2D eigenvalue weighted by Crippen LogP contribution is 2.33. The zero-order chi connectivity index (χ0) is 25.1. The lowest BCUT2D eigenvalue weighted by atomic mass is 10.1. The van der Waals surface area contributed by atoms with E-state index in [0.29, 0.717) is 16.7 Å². The summed E-state index contributed by atoms with van der Waals surface area (Å²) in [5.41, 5.74) is 3.82. The summed E-state index contributed by atoms with van der Waals surface area (Å²) in [6.45, 7) is 2.29. The van der Waals surface area contributed by atoms with Crippen LogP contribution in [0.3, 0.4) is 0 Å². The first kappa shape index (κ1) is 26.2. The molecule has 0 bridgehead atoms. The average Bonchev–Trinajstić information content (AvgIpc) is 3.14. The fourth-order valence-electron chi connectivity index (χ4n) is 3.19. The Hall–Kier alpha value is -1.90. The molecule has 2 N–H and O–H groups in total. The third kappa shape index (κ3) is 6.66. The van der Waals surface area contributed by atoms with Crippen LogP contribution >= 0.6 is 72.9 Å². The molecule has 0 unspecified atom stereocenters. The largest absolute Gasteiger partial charge is 0.487 e. The first-order valence-corrected chi connectivity index (χ1v) is 14.0. The second-order valence-electron chi connectivity index (χ2n) is 7.52. The summed E-state index contributed by atoms with van der Waals surface area (Å²) in [4.78, 5) is 28.7. The molecule has 1 fully saturated rings. The molecule has 0 saturated carbocycles. The maximum atomic E-state index is 12.5. The van der Waals surface area contributed by atoms with Crippen LogP contribution in [0.1, 0.15) is 27.0 Å². The molecular formula is C25H17BrI2N2O4S. The van der Waals surface area contributed by atoms with E-state index in [1.165, 1.54) is 11.8 Å². The average molecular weight is 775 g/mol. The molecule has 1 saturated heterocycles. The zero-order valence-corrected chi connectivity index (χ0v) is 24.9. The molecule has 0 aromatic heterocycles. The van der Waals surface area contributed by atoms with Crippen LogP contribution in [0.4, 0.5) is 5.69 Å². The molecule has 0 aliphatic carbocycles. The number of ether oxygens (including phenoxy) is 1. The Morgan fingerprint density at radius 3 is 2.46 bits per heavy atom. The van der Waals surface area contributed by atoms with Crippen LogP contribution in [0.15, 0.2) is 69.0 Å². The van der Waals surface area contributed by atoms with Gasteiger partial charge >= 0.3 is 5.97 Å². The summed E-state index contributed by atoms with van der Waals surface area (Å²) in [6.07, 6.45) is 1.84.